The summed E-state index contributed by atoms with van der Waals surface area (Å²) >= 11 is 0. The minimum absolute atomic E-state index is 0.541. The maximum absolute atomic E-state index is 5.80. The van der Waals surface area contributed by atoms with Crippen LogP contribution in [0.5, 0.6) is 5.75 Å². The molecule has 7 heteroatoms. The molecule has 0 aliphatic heterocycles. The van der Waals surface area contributed by atoms with Gasteiger partial charge in [0.15, 0.2) is 11.5 Å². The van der Waals surface area contributed by atoms with E-state index in [2.05, 4.69) is 25.3 Å². The third kappa shape index (κ3) is 2.20. The summed E-state index contributed by atoms with van der Waals surface area (Å²) in [6, 6.07) is 5.52. The average molecular weight is 270 g/mol. The number of anilines is 2. The molecule has 4 N–H and O–H groups in total. The normalized spacial score (nSPS) is 10.7. The predicted octanol–water partition coefficient (Wildman–Crippen LogP) is 1.56. The van der Waals surface area contributed by atoms with Crippen molar-refractivity contribution in [3.05, 3.63) is 36.4 Å². The van der Waals surface area contributed by atoms with Crippen molar-refractivity contribution < 1.29 is 4.74 Å². The van der Waals surface area contributed by atoms with Gasteiger partial charge in [0.25, 0.3) is 0 Å². The van der Waals surface area contributed by atoms with E-state index in [1.165, 1.54) is 6.33 Å². The van der Waals surface area contributed by atoms with Crippen molar-refractivity contribution in [3.8, 4) is 5.75 Å². The third-order valence-electron chi connectivity index (χ3n) is 2.97. The summed E-state index contributed by atoms with van der Waals surface area (Å²) in [4.78, 5) is 15.4. The monoisotopic (exact) mass is 270 g/mol. The van der Waals surface area contributed by atoms with Gasteiger partial charge >= 0.3 is 0 Å². The Bertz CT molecular complexity index is 739. The molecule has 0 atom stereocenters. The van der Waals surface area contributed by atoms with Crippen molar-refractivity contribution in [2.75, 3.05) is 18.2 Å². The number of ether oxygens (including phenoxy) is 1. The molecule has 3 aromatic rings. The zero-order chi connectivity index (χ0) is 13.9. The molecule has 2 aromatic heterocycles. The van der Waals surface area contributed by atoms with E-state index in [9.17, 15) is 0 Å². The summed E-state index contributed by atoms with van der Waals surface area (Å²) < 4.78 is 5.31. The van der Waals surface area contributed by atoms with Crippen LogP contribution in [0.3, 0.4) is 0 Å². The van der Waals surface area contributed by atoms with E-state index in [1.54, 1.807) is 19.5 Å². The predicted molar refractivity (Wildman–Crippen MR) is 76.4 cm³/mol. The zero-order valence-corrected chi connectivity index (χ0v) is 10.9. The minimum Gasteiger partial charge on any atom is -0.496 e. The van der Waals surface area contributed by atoms with Crippen LogP contribution in [0.15, 0.2) is 30.9 Å². The Balaban J connectivity index is 1.86. The fraction of sp³-hybridized carbons (Fsp3) is 0.154. The zero-order valence-electron chi connectivity index (χ0n) is 10.9. The van der Waals surface area contributed by atoms with Gasteiger partial charge in [-0.15, -0.1) is 0 Å². The first-order valence-corrected chi connectivity index (χ1v) is 6.08. The number of benzene rings is 1. The van der Waals surface area contributed by atoms with Crippen LogP contribution in [0, 0.1) is 0 Å². The molecular formula is C13H14N6O. The van der Waals surface area contributed by atoms with Crippen LogP contribution < -0.4 is 15.8 Å². The molecule has 7 nitrogen and oxygen atoms in total. The number of methoxy groups -OCH3 is 1. The number of hydrogen-bond donors (Lipinski definition) is 3. The topological polar surface area (TPSA) is 102 Å². The lowest BCUT2D eigenvalue weighted by Gasteiger charge is -2.11. The van der Waals surface area contributed by atoms with Gasteiger partial charge in [-0.3, -0.25) is 0 Å². The van der Waals surface area contributed by atoms with Gasteiger partial charge in [0.05, 0.1) is 13.4 Å². The van der Waals surface area contributed by atoms with Crippen LogP contribution in [-0.2, 0) is 6.54 Å². The van der Waals surface area contributed by atoms with E-state index < -0.39 is 0 Å². The van der Waals surface area contributed by atoms with Crippen LogP contribution in [0.1, 0.15) is 5.56 Å². The van der Waals surface area contributed by atoms with Gasteiger partial charge in [-0.25, -0.2) is 15.0 Å². The molecule has 0 aliphatic carbocycles. The highest BCUT2D eigenvalue weighted by atomic mass is 16.5. The fourth-order valence-electron chi connectivity index (χ4n) is 2.01. The van der Waals surface area contributed by atoms with Crippen molar-refractivity contribution in [2.24, 2.45) is 0 Å². The lowest BCUT2D eigenvalue weighted by Crippen LogP contribution is -2.05. The largest absolute Gasteiger partial charge is 0.496 e. The van der Waals surface area contributed by atoms with Crippen LogP contribution in [0.2, 0.25) is 0 Å². The molecule has 0 amide bonds. The maximum Gasteiger partial charge on any atom is 0.182 e. The number of H-pyrrole nitrogens is 1. The number of aromatic amines is 1. The van der Waals surface area contributed by atoms with E-state index in [1.807, 2.05) is 12.1 Å². The molecule has 0 spiro atoms. The number of nitrogens with zero attached hydrogens (tertiary/aromatic N) is 3. The second kappa shape index (κ2) is 5.04. The van der Waals surface area contributed by atoms with E-state index in [0.717, 1.165) is 16.8 Å². The SMILES string of the molecule is COc1ccc(N)cc1CNc1ncnc2nc[nH]c12. The van der Waals surface area contributed by atoms with Gasteiger partial charge < -0.3 is 20.8 Å². The lowest BCUT2D eigenvalue weighted by atomic mass is 10.1. The number of hydrogen-bond acceptors (Lipinski definition) is 6. The van der Waals surface area contributed by atoms with Gasteiger partial charge in [0.2, 0.25) is 0 Å². The van der Waals surface area contributed by atoms with E-state index in [-0.39, 0.29) is 0 Å². The Morgan fingerprint density at radius 1 is 1.30 bits per heavy atom. The highest BCUT2D eigenvalue weighted by Crippen LogP contribution is 2.23. The van der Waals surface area contributed by atoms with Crippen molar-refractivity contribution in [1.82, 2.24) is 19.9 Å². The molecule has 3 rings (SSSR count). The van der Waals surface area contributed by atoms with Crippen LogP contribution in [0.25, 0.3) is 11.2 Å². The molecule has 0 unspecified atom stereocenters. The average Bonchev–Trinajstić information content (AvgIpc) is 2.94. The molecule has 0 aliphatic rings. The standard InChI is InChI=1S/C13H14N6O/c1-20-10-3-2-9(14)4-8(10)5-15-12-11-13(17-6-16-11)19-7-18-12/h2-4,6-7H,5,14H2,1H3,(H2,15,16,17,18,19). The summed E-state index contributed by atoms with van der Waals surface area (Å²) in [5.74, 6) is 1.47. The number of fused-ring (bicyclic) bond motifs is 1. The first-order valence-electron chi connectivity index (χ1n) is 6.08. The van der Waals surface area contributed by atoms with Crippen LogP contribution in [0.4, 0.5) is 11.5 Å². The molecule has 0 bridgehead atoms. The van der Waals surface area contributed by atoms with E-state index in [0.29, 0.717) is 23.7 Å². The van der Waals surface area contributed by atoms with Gasteiger partial charge in [-0.2, -0.15) is 0 Å². The number of imidazole rings is 1. The van der Waals surface area contributed by atoms with Crippen LogP contribution >= 0.6 is 0 Å². The molecule has 0 saturated heterocycles. The molecule has 0 saturated carbocycles. The molecule has 1 aromatic carbocycles. The Labute approximate surface area is 115 Å². The molecule has 20 heavy (non-hydrogen) atoms. The third-order valence-corrected chi connectivity index (χ3v) is 2.97. The second-order valence-corrected chi connectivity index (χ2v) is 4.25. The van der Waals surface area contributed by atoms with Crippen molar-refractivity contribution in [1.29, 1.82) is 0 Å². The van der Waals surface area contributed by atoms with Crippen LogP contribution in [-0.4, -0.2) is 27.0 Å². The second-order valence-electron chi connectivity index (χ2n) is 4.25. The summed E-state index contributed by atoms with van der Waals surface area (Å²) in [6.07, 6.45) is 3.06. The lowest BCUT2D eigenvalue weighted by molar-refractivity contribution is 0.410. The Morgan fingerprint density at radius 2 is 2.20 bits per heavy atom. The van der Waals surface area contributed by atoms with Gasteiger partial charge in [-0.05, 0) is 18.2 Å². The van der Waals surface area contributed by atoms with Crippen molar-refractivity contribution in [2.45, 2.75) is 6.54 Å². The smallest absolute Gasteiger partial charge is 0.182 e. The van der Waals surface area contributed by atoms with Gasteiger partial charge in [0, 0.05) is 17.8 Å². The maximum atomic E-state index is 5.80. The Kier molecular flexibility index (Phi) is 3.08. The Morgan fingerprint density at radius 3 is 3.05 bits per heavy atom. The van der Waals surface area contributed by atoms with Crippen molar-refractivity contribution >= 4 is 22.7 Å². The first kappa shape index (κ1) is 12.2. The summed E-state index contributed by atoms with van der Waals surface area (Å²) in [5, 5.41) is 3.23. The molecule has 0 fully saturated rings. The Hall–Kier alpha value is -2.83. The number of aromatic nitrogens is 4. The summed E-state index contributed by atoms with van der Waals surface area (Å²) in [6.45, 7) is 0.541. The summed E-state index contributed by atoms with van der Waals surface area (Å²) in [5.41, 5.74) is 8.85. The highest BCUT2D eigenvalue weighted by molar-refractivity contribution is 5.81. The van der Waals surface area contributed by atoms with Gasteiger partial charge in [0.1, 0.15) is 17.6 Å². The minimum atomic E-state index is 0.541. The number of rotatable bonds is 4. The number of nitrogens with one attached hydrogen (secondary N) is 2. The molecular weight excluding hydrogens is 256 g/mol. The quantitative estimate of drug-likeness (QED) is 0.622. The van der Waals surface area contributed by atoms with Gasteiger partial charge in [-0.1, -0.05) is 0 Å². The molecule has 102 valence electrons. The first-order chi connectivity index (χ1) is 9.78. The fourth-order valence-corrected chi connectivity index (χ4v) is 2.01. The number of nitrogen functional groups attached to an aromatic ring is 1. The van der Waals surface area contributed by atoms with E-state index >= 15 is 0 Å². The summed E-state index contributed by atoms with van der Waals surface area (Å²) in [7, 11) is 1.63. The van der Waals surface area contributed by atoms with E-state index in [4.69, 9.17) is 10.5 Å². The molecule has 0 radical (unpaired) electrons. The molecule has 2 heterocycles. The van der Waals surface area contributed by atoms with Crippen molar-refractivity contribution in [3.63, 3.8) is 0 Å². The highest BCUT2D eigenvalue weighted by Gasteiger charge is 2.07. The number of nitrogens with two attached hydrogens (primary N) is 1.